The number of anilines is 2. The van der Waals surface area contributed by atoms with Crippen LogP contribution in [0.4, 0.5) is 11.4 Å². The van der Waals surface area contributed by atoms with Crippen molar-refractivity contribution in [3.8, 4) is 5.75 Å². The van der Waals surface area contributed by atoms with Gasteiger partial charge in [0, 0.05) is 20.6 Å². The Morgan fingerprint density at radius 2 is 1.94 bits per heavy atom. The number of carbonyl (C=O) groups excluding carboxylic acids is 2. The molecule has 0 aromatic heterocycles. The maximum absolute atomic E-state index is 13.0. The smallest absolute Gasteiger partial charge is 0.249 e. The second-order valence-corrected chi connectivity index (χ2v) is 8.42. The zero-order chi connectivity index (χ0) is 22.7. The molecule has 0 saturated carbocycles. The Morgan fingerprint density at radius 1 is 1.16 bits per heavy atom. The third-order valence-corrected chi connectivity index (χ3v) is 5.69. The Bertz CT molecular complexity index is 1210. The molecule has 2 amide bonds. The van der Waals surface area contributed by atoms with E-state index in [1.165, 1.54) is 12.0 Å². The Kier molecular flexibility index (Phi) is 6.58. The highest BCUT2D eigenvalue weighted by molar-refractivity contribution is 9.10. The van der Waals surface area contributed by atoms with Gasteiger partial charge in [-0.25, -0.2) is 0 Å². The number of hydrogen-bond acceptors (Lipinski definition) is 4. The molecular formula is C24H19BrClN3O3. The number of hydrogen-bond donors (Lipinski definition) is 1. The first-order valence-corrected chi connectivity index (χ1v) is 11.0. The molecule has 1 heterocycles. The van der Waals surface area contributed by atoms with Gasteiger partial charge in [0.2, 0.25) is 11.8 Å². The first kappa shape index (κ1) is 22.0. The molecule has 0 bridgehead atoms. The second-order valence-electron chi connectivity index (χ2n) is 7.06. The van der Waals surface area contributed by atoms with Crippen LogP contribution in [0.5, 0.6) is 5.75 Å². The van der Waals surface area contributed by atoms with Crippen molar-refractivity contribution in [2.45, 2.75) is 0 Å². The van der Waals surface area contributed by atoms with E-state index in [9.17, 15) is 9.59 Å². The van der Waals surface area contributed by atoms with E-state index >= 15 is 0 Å². The topological polar surface area (TPSA) is 71.0 Å². The van der Waals surface area contributed by atoms with Crippen LogP contribution in [-0.2, 0) is 9.59 Å². The Balaban J connectivity index is 1.67. The van der Waals surface area contributed by atoms with Gasteiger partial charge in [-0.1, -0.05) is 57.9 Å². The number of rotatable bonds is 5. The van der Waals surface area contributed by atoms with Gasteiger partial charge < -0.3 is 15.0 Å². The lowest BCUT2D eigenvalue weighted by atomic mass is 10.0. The molecule has 0 radical (unpaired) electrons. The van der Waals surface area contributed by atoms with Gasteiger partial charge in [-0.05, 0) is 36.4 Å². The summed E-state index contributed by atoms with van der Waals surface area (Å²) in [4.78, 5) is 31.9. The average Bonchev–Trinajstić information content (AvgIpc) is 2.91. The molecule has 4 rings (SSSR count). The number of benzene rings is 3. The molecule has 3 aromatic rings. The van der Waals surface area contributed by atoms with Crippen molar-refractivity contribution < 1.29 is 14.3 Å². The van der Waals surface area contributed by atoms with Crippen LogP contribution in [0.3, 0.4) is 0 Å². The molecule has 0 saturated heterocycles. The highest BCUT2D eigenvalue weighted by Crippen LogP contribution is 2.31. The minimum absolute atomic E-state index is 0.0652. The number of amides is 2. The summed E-state index contributed by atoms with van der Waals surface area (Å²) in [5, 5.41) is 3.25. The molecule has 3 aromatic carbocycles. The van der Waals surface area contributed by atoms with Crippen LogP contribution in [-0.4, -0.2) is 37.7 Å². The SMILES string of the molecule is COc1ccc(Cl)cc1NC(=O)CN1C(=O)CN=C(c2ccccc2)c2cc(Br)ccc21. The summed E-state index contributed by atoms with van der Waals surface area (Å²) in [7, 11) is 1.51. The van der Waals surface area contributed by atoms with Gasteiger partial charge in [0.1, 0.15) is 18.8 Å². The van der Waals surface area contributed by atoms with Crippen LogP contribution >= 0.6 is 27.5 Å². The molecule has 0 atom stereocenters. The second kappa shape index (κ2) is 9.54. The zero-order valence-electron chi connectivity index (χ0n) is 17.1. The maximum atomic E-state index is 13.0. The van der Waals surface area contributed by atoms with Crippen molar-refractivity contribution in [3.63, 3.8) is 0 Å². The summed E-state index contributed by atoms with van der Waals surface area (Å²) < 4.78 is 6.14. The number of halogens is 2. The van der Waals surface area contributed by atoms with E-state index in [4.69, 9.17) is 16.3 Å². The molecule has 0 fully saturated rings. The highest BCUT2D eigenvalue weighted by Gasteiger charge is 2.27. The fourth-order valence-corrected chi connectivity index (χ4v) is 4.05. The standard InChI is InChI=1S/C24H19BrClN3O3/c1-32-21-10-8-17(26)12-19(21)28-22(30)14-29-20-9-7-16(25)11-18(20)24(27-13-23(29)31)15-5-3-2-4-6-15/h2-12H,13-14H2,1H3,(H,28,30). The molecular weight excluding hydrogens is 494 g/mol. The fraction of sp³-hybridized carbons (Fsp3) is 0.125. The Morgan fingerprint density at radius 3 is 2.69 bits per heavy atom. The molecule has 32 heavy (non-hydrogen) atoms. The molecule has 1 aliphatic heterocycles. The number of nitrogens with one attached hydrogen (secondary N) is 1. The molecule has 8 heteroatoms. The summed E-state index contributed by atoms with van der Waals surface area (Å²) in [5.41, 5.74) is 3.42. The number of aliphatic imine (C=N–C) groups is 1. The van der Waals surface area contributed by atoms with E-state index in [2.05, 4.69) is 26.2 Å². The van der Waals surface area contributed by atoms with Crippen LogP contribution in [0.15, 0.2) is 76.2 Å². The van der Waals surface area contributed by atoms with E-state index in [-0.39, 0.29) is 24.9 Å². The predicted molar refractivity (Wildman–Crippen MR) is 130 cm³/mol. The largest absolute Gasteiger partial charge is 0.495 e. The summed E-state index contributed by atoms with van der Waals surface area (Å²) >= 11 is 9.56. The minimum atomic E-state index is -0.379. The third-order valence-electron chi connectivity index (χ3n) is 4.96. The molecule has 6 nitrogen and oxygen atoms in total. The van der Waals surface area contributed by atoms with Crippen LogP contribution in [0, 0.1) is 0 Å². The van der Waals surface area contributed by atoms with Crippen molar-refractivity contribution in [3.05, 3.63) is 87.4 Å². The van der Waals surface area contributed by atoms with Crippen LogP contribution in [0.25, 0.3) is 0 Å². The third kappa shape index (κ3) is 4.69. The van der Waals surface area contributed by atoms with Gasteiger partial charge in [0.05, 0.1) is 24.2 Å². The number of nitrogens with zero attached hydrogens (tertiary/aromatic N) is 2. The lowest BCUT2D eigenvalue weighted by molar-refractivity contribution is -0.120. The average molecular weight is 513 g/mol. The van der Waals surface area contributed by atoms with Gasteiger partial charge in [0.25, 0.3) is 0 Å². The van der Waals surface area contributed by atoms with E-state index < -0.39 is 0 Å². The number of methoxy groups -OCH3 is 1. The van der Waals surface area contributed by atoms with Gasteiger partial charge in [-0.3, -0.25) is 14.6 Å². The zero-order valence-corrected chi connectivity index (χ0v) is 19.5. The first-order valence-electron chi connectivity index (χ1n) is 9.80. The lowest BCUT2D eigenvalue weighted by Crippen LogP contribution is -2.39. The molecule has 1 N–H and O–H groups in total. The Labute approximate surface area is 199 Å². The van der Waals surface area contributed by atoms with Crippen molar-refractivity contribution in [2.75, 3.05) is 30.4 Å². The summed E-state index contributed by atoms with van der Waals surface area (Å²) in [6.07, 6.45) is 0. The lowest BCUT2D eigenvalue weighted by Gasteiger charge is -2.23. The number of benzodiazepines with no additional fused rings is 1. The minimum Gasteiger partial charge on any atom is -0.495 e. The van der Waals surface area contributed by atoms with E-state index in [1.807, 2.05) is 48.5 Å². The summed E-state index contributed by atoms with van der Waals surface area (Å²) in [6.45, 7) is -0.245. The quantitative estimate of drug-likeness (QED) is 0.527. The maximum Gasteiger partial charge on any atom is 0.249 e. The van der Waals surface area contributed by atoms with E-state index in [1.54, 1.807) is 18.2 Å². The first-order chi connectivity index (χ1) is 15.5. The monoisotopic (exact) mass is 511 g/mol. The number of carbonyl (C=O) groups is 2. The Hall–Kier alpha value is -3.16. The van der Waals surface area contributed by atoms with Crippen molar-refractivity contribution in [1.29, 1.82) is 0 Å². The molecule has 0 aliphatic carbocycles. The molecule has 162 valence electrons. The predicted octanol–water partition coefficient (Wildman–Crippen LogP) is 4.93. The summed E-state index contributed by atoms with van der Waals surface area (Å²) in [5.74, 6) is -0.173. The number of fused-ring (bicyclic) bond motifs is 1. The van der Waals surface area contributed by atoms with Gasteiger partial charge in [0.15, 0.2) is 0 Å². The molecule has 0 unspecified atom stereocenters. The highest BCUT2D eigenvalue weighted by atomic mass is 79.9. The van der Waals surface area contributed by atoms with Gasteiger partial charge in [-0.2, -0.15) is 0 Å². The van der Waals surface area contributed by atoms with Crippen LogP contribution < -0.4 is 15.0 Å². The van der Waals surface area contributed by atoms with E-state index in [0.717, 1.165) is 15.6 Å². The molecule has 0 spiro atoms. The van der Waals surface area contributed by atoms with Crippen LogP contribution in [0.1, 0.15) is 11.1 Å². The fourth-order valence-electron chi connectivity index (χ4n) is 3.51. The van der Waals surface area contributed by atoms with Crippen LogP contribution in [0.2, 0.25) is 5.02 Å². The van der Waals surface area contributed by atoms with Crippen molar-refractivity contribution >= 4 is 56.4 Å². The van der Waals surface area contributed by atoms with Gasteiger partial charge >= 0.3 is 0 Å². The van der Waals surface area contributed by atoms with Crippen molar-refractivity contribution in [2.24, 2.45) is 4.99 Å². The van der Waals surface area contributed by atoms with Crippen molar-refractivity contribution in [1.82, 2.24) is 0 Å². The number of ether oxygens (including phenoxy) is 1. The van der Waals surface area contributed by atoms with E-state index in [0.29, 0.717) is 27.9 Å². The van der Waals surface area contributed by atoms with Gasteiger partial charge in [-0.15, -0.1) is 0 Å². The molecule has 1 aliphatic rings. The normalized spacial score (nSPS) is 13.2. The summed E-state index contributed by atoms with van der Waals surface area (Å²) in [6, 6.07) is 20.2.